The number of aryl methyl sites for hydroxylation is 1. The summed E-state index contributed by atoms with van der Waals surface area (Å²) in [6, 6.07) is 14.2. The van der Waals surface area contributed by atoms with Gasteiger partial charge < -0.3 is 15.4 Å². The summed E-state index contributed by atoms with van der Waals surface area (Å²) in [4.78, 5) is 16.9. The van der Waals surface area contributed by atoms with Crippen molar-refractivity contribution < 1.29 is 9.53 Å². The van der Waals surface area contributed by atoms with E-state index in [0.29, 0.717) is 0 Å². The molecule has 0 aromatic heterocycles. The molecule has 1 aliphatic rings. The van der Waals surface area contributed by atoms with Crippen molar-refractivity contribution in [1.82, 2.24) is 9.80 Å². The number of benzene rings is 2. The van der Waals surface area contributed by atoms with Crippen LogP contribution < -0.4 is 10.5 Å². The first-order valence-electron chi connectivity index (χ1n) is 10.7. The van der Waals surface area contributed by atoms with E-state index in [0.717, 1.165) is 67.5 Å². The van der Waals surface area contributed by atoms with Gasteiger partial charge in [0.2, 0.25) is 0 Å². The first-order valence-corrected chi connectivity index (χ1v) is 11.0. The maximum absolute atomic E-state index is 12.6. The molecule has 0 saturated carbocycles. The van der Waals surface area contributed by atoms with Crippen LogP contribution in [0.3, 0.4) is 0 Å². The molecule has 1 amide bonds. The molecule has 0 aliphatic carbocycles. The fraction of sp³-hybridized carbons (Fsp3) is 0.458. The van der Waals surface area contributed by atoms with Crippen molar-refractivity contribution in [3.8, 4) is 5.75 Å². The van der Waals surface area contributed by atoms with Crippen LogP contribution in [0.1, 0.15) is 30.0 Å². The maximum Gasteiger partial charge on any atom is 0.260 e. The standard InChI is InChI=1S/C24H32ClN3O2/c1-3-22(26)14-20-5-4-18(2)23(15-20)30-17-24(29)28-12-10-27(11-13-28)16-19-6-8-21(25)9-7-19/h4-9,15,22H,3,10-14,16-17,26H2,1-2H3. The smallest absolute Gasteiger partial charge is 0.260 e. The topological polar surface area (TPSA) is 58.8 Å². The number of nitrogens with two attached hydrogens (primary N) is 1. The highest BCUT2D eigenvalue weighted by molar-refractivity contribution is 6.30. The van der Waals surface area contributed by atoms with Gasteiger partial charge >= 0.3 is 0 Å². The highest BCUT2D eigenvalue weighted by atomic mass is 35.5. The van der Waals surface area contributed by atoms with E-state index in [2.05, 4.69) is 30.0 Å². The Morgan fingerprint density at radius 3 is 2.43 bits per heavy atom. The summed E-state index contributed by atoms with van der Waals surface area (Å²) in [5.74, 6) is 0.807. The number of hydrogen-bond acceptors (Lipinski definition) is 4. The minimum atomic E-state index is 0.0382. The van der Waals surface area contributed by atoms with Gasteiger partial charge in [0.1, 0.15) is 5.75 Å². The van der Waals surface area contributed by atoms with E-state index < -0.39 is 0 Å². The summed E-state index contributed by atoms with van der Waals surface area (Å²) in [5, 5.41) is 0.753. The van der Waals surface area contributed by atoms with Crippen molar-refractivity contribution >= 4 is 17.5 Å². The average Bonchev–Trinajstić information content (AvgIpc) is 2.76. The third kappa shape index (κ3) is 6.46. The van der Waals surface area contributed by atoms with Gasteiger partial charge in [-0.3, -0.25) is 9.69 Å². The van der Waals surface area contributed by atoms with Crippen molar-refractivity contribution in [2.24, 2.45) is 5.73 Å². The predicted octanol–water partition coefficient (Wildman–Crippen LogP) is 3.65. The zero-order chi connectivity index (χ0) is 21.5. The minimum Gasteiger partial charge on any atom is -0.483 e. The summed E-state index contributed by atoms with van der Waals surface area (Å²) >= 11 is 5.95. The van der Waals surface area contributed by atoms with E-state index in [1.165, 1.54) is 5.56 Å². The Hall–Kier alpha value is -2.08. The van der Waals surface area contributed by atoms with Crippen molar-refractivity contribution in [2.45, 2.75) is 39.3 Å². The van der Waals surface area contributed by atoms with Crippen LogP contribution in [0.4, 0.5) is 0 Å². The van der Waals surface area contributed by atoms with Gasteiger partial charge in [-0.05, 0) is 54.7 Å². The fourth-order valence-corrected chi connectivity index (χ4v) is 3.73. The van der Waals surface area contributed by atoms with E-state index in [9.17, 15) is 4.79 Å². The number of nitrogens with zero attached hydrogens (tertiary/aromatic N) is 2. The Kier molecular flexibility index (Phi) is 8.14. The highest BCUT2D eigenvalue weighted by Crippen LogP contribution is 2.21. The van der Waals surface area contributed by atoms with Crippen LogP contribution in [-0.4, -0.2) is 54.5 Å². The minimum absolute atomic E-state index is 0.0382. The van der Waals surface area contributed by atoms with E-state index in [1.54, 1.807) is 0 Å². The molecule has 3 rings (SSSR count). The van der Waals surface area contributed by atoms with Crippen LogP contribution in [0.15, 0.2) is 42.5 Å². The highest BCUT2D eigenvalue weighted by Gasteiger charge is 2.21. The summed E-state index contributed by atoms with van der Waals surface area (Å²) in [6.07, 6.45) is 1.75. The number of piperazine rings is 1. The van der Waals surface area contributed by atoms with Crippen LogP contribution in [0, 0.1) is 6.92 Å². The van der Waals surface area contributed by atoms with E-state index in [1.807, 2.05) is 36.1 Å². The third-order valence-electron chi connectivity index (χ3n) is 5.67. The van der Waals surface area contributed by atoms with Gasteiger partial charge in [0.05, 0.1) is 0 Å². The Morgan fingerprint density at radius 2 is 1.77 bits per heavy atom. The molecule has 162 valence electrons. The first kappa shape index (κ1) is 22.6. The van der Waals surface area contributed by atoms with Crippen molar-refractivity contribution in [1.29, 1.82) is 0 Å². The SMILES string of the molecule is CCC(N)Cc1ccc(C)c(OCC(=O)N2CCN(Cc3ccc(Cl)cc3)CC2)c1. The molecule has 6 heteroatoms. The Balaban J connectivity index is 1.47. The second kappa shape index (κ2) is 10.8. The molecule has 1 saturated heterocycles. The number of amides is 1. The van der Waals surface area contributed by atoms with Gasteiger partial charge in [-0.15, -0.1) is 0 Å². The average molecular weight is 430 g/mol. The molecule has 0 radical (unpaired) electrons. The number of rotatable bonds is 8. The number of halogens is 1. The van der Waals surface area contributed by atoms with Crippen molar-refractivity contribution in [2.75, 3.05) is 32.8 Å². The lowest BCUT2D eigenvalue weighted by atomic mass is 10.0. The lowest BCUT2D eigenvalue weighted by molar-refractivity contribution is -0.135. The van der Waals surface area contributed by atoms with Gasteiger partial charge in [0, 0.05) is 43.8 Å². The molecular formula is C24H32ClN3O2. The molecule has 2 aromatic carbocycles. The maximum atomic E-state index is 12.6. The zero-order valence-electron chi connectivity index (χ0n) is 17.9. The summed E-state index contributed by atoms with van der Waals surface area (Å²) in [5.41, 5.74) is 9.48. The molecule has 1 unspecified atom stereocenters. The van der Waals surface area contributed by atoms with Crippen LogP contribution >= 0.6 is 11.6 Å². The van der Waals surface area contributed by atoms with Crippen molar-refractivity contribution in [3.63, 3.8) is 0 Å². The number of ether oxygens (including phenoxy) is 1. The van der Waals surface area contributed by atoms with E-state index in [-0.39, 0.29) is 18.6 Å². The zero-order valence-corrected chi connectivity index (χ0v) is 18.7. The molecular weight excluding hydrogens is 398 g/mol. The molecule has 2 N–H and O–H groups in total. The largest absolute Gasteiger partial charge is 0.483 e. The normalized spacial score (nSPS) is 15.8. The second-order valence-corrected chi connectivity index (χ2v) is 8.48. The molecule has 0 bridgehead atoms. The Bertz CT molecular complexity index is 833. The fourth-order valence-electron chi connectivity index (χ4n) is 3.61. The van der Waals surface area contributed by atoms with Gasteiger partial charge in [-0.25, -0.2) is 0 Å². The van der Waals surface area contributed by atoms with Gasteiger partial charge in [-0.2, -0.15) is 0 Å². The quantitative estimate of drug-likeness (QED) is 0.695. The third-order valence-corrected chi connectivity index (χ3v) is 5.92. The Labute approximate surface area is 184 Å². The van der Waals surface area contributed by atoms with E-state index in [4.69, 9.17) is 22.1 Å². The number of carbonyl (C=O) groups excluding carboxylic acids is 1. The molecule has 1 fully saturated rings. The second-order valence-electron chi connectivity index (χ2n) is 8.04. The molecule has 30 heavy (non-hydrogen) atoms. The van der Waals surface area contributed by atoms with Crippen molar-refractivity contribution in [3.05, 3.63) is 64.2 Å². The number of carbonyl (C=O) groups is 1. The van der Waals surface area contributed by atoms with Crippen LogP contribution in [0.5, 0.6) is 5.75 Å². The molecule has 1 heterocycles. The predicted molar refractivity (Wildman–Crippen MR) is 122 cm³/mol. The van der Waals surface area contributed by atoms with E-state index >= 15 is 0 Å². The molecule has 5 nitrogen and oxygen atoms in total. The lowest BCUT2D eigenvalue weighted by Crippen LogP contribution is -2.49. The molecule has 1 atom stereocenters. The van der Waals surface area contributed by atoms with Gasteiger partial charge in [0.15, 0.2) is 6.61 Å². The van der Waals surface area contributed by atoms with Crippen LogP contribution in [0.25, 0.3) is 0 Å². The van der Waals surface area contributed by atoms with Gasteiger partial charge in [-0.1, -0.05) is 42.8 Å². The monoisotopic (exact) mass is 429 g/mol. The Morgan fingerprint density at radius 1 is 1.10 bits per heavy atom. The molecule has 0 spiro atoms. The molecule has 1 aliphatic heterocycles. The van der Waals surface area contributed by atoms with Crippen LogP contribution in [-0.2, 0) is 17.8 Å². The summed E-state index contributed by atoms with van der Waals surface area (Å²) in [7, 11) is 0. The van der Waals surface area contributed by atoms with Gasteiger partial charge in [0.25, 0.3) is 5.91 Å². The first-order chi connectivity index (χ1) is 14.4. The lowest BCUT2D eigenvalue weighted by Gasteiger charge is -2.34. The number of hydrogen-bond donors (Lipinski definition) is 1. The molecule has 2 aromatic rings. The summed E-state index contributed by atoms with van der Waals surface area (Å²) in [6.45, 7) is 8.20. The summed E-state index contributed by atoms with van der Waals surface area (Å²) < 4.78 is 5.88. The van der Waals surface area contributed by atoms with Crippen LogP contribution in [0.2, 0.25) is 5.02 Å².